The number of amides is 2. The fourth-order valence-electron chi connectivity index (χ4n) is 5.55. The van der Waals surface area contributed by atoms with Crippen molar-refractivity contribution >= 4 is 11.8 Å². The lowest BCUT2D eigenvalue weighted by atomic mass is 9.83. The number of halogens is 3. The average Bonchev–Trinajstić information content (AvgIpc) is 3.41. The van der Waals surface area contributed by atoms with Gasteiger partial charge in [-0.2, -0.15) is 13.2 Å². The standard InChI is InChI=1S/C28H35F3N4O2/c1-18(17-32)26(36)34-25(19-8-3-2-4-9-19)27(37)35-15-7-12-24(35)23-16-20(13-14-33-23)21-10-5-6-11-22(21)28(29,30)31/h5-6,10-11,13-14,16,18-19,24-25H,2-4,7-9,12,15,17,32H2,1H3,(H,34,36). The second kappa shape index (κ2) is 11.6. The molecule has 4 rings (SSSR count). The van der Waals surface area contributed by atoms with E-state index in [4.69, 9.17) is 5.73 Å². The number of alkyl halides is 3. The van der Waals surface area contributed by atoms with E-state index in [-0.39, 0.29) is 35.9 Å². The van der Waals surface area contributed by atoms with E-state index in [1.54, 1.807) is 30.0 Å². The Morgan fingerprint density at radius 2 is 1.84 bits per heavy atom. The molecule has 3 atom stereocenters. The highest BCUT2D eigenvalue weighted by molar-refractivity contribution is 5.89. The predicted octanol–water partition coefficient (Wildman–Crippen LogP) is 5.09. The van der Waals surface area contributed by atoms with Crippen molar-refractivity contribution in [1.29, 1.82) is 0 Å². The number of nitrogens with one attached hydrogen (secondary N) is 1. The lowest BCUT2D eigenvalue weighted by Gasteiger charge is -2.35. The van der Waals surface area contributed by atoms with Gasteiger partial charge in [-0.3, -0.25) is 14.6 Å². The van der Waals surface area contributed by atoms with Crippen LogP contribution >= 0.6 is 0 Å². The third-order valence-electron chi connectivity index (χ3n) is 7.69. The monoisotopic (exact) mass is 516 g/mol. The summed E-state index contributed by atoms with van der Waals surface area (Å²) in [4.78, 5) is 32.9. The normalized spacial score (nSPS) is 20.5. The minimum absolute atomic E-state index is 0.0504. The van der Waals surface area contributed by atoms with E-state index in [1.165, 1.54) is 18.3 Å². The minimum atomic E-state index is -4.48. The van der Waals surface area contributed by atoms with Crippen molar-refractivity contribution < 1.29 is 22.8 Å². The molecular weight excluding hydrogens is 481 g/mol. The van der Waals surface area contributed by atoms with Crippen molar-refractivity contribution in [2.45, 2.75) is 70.1 Å². The molecule has 1 saturated carbocycles. The minimum Gasteiger partial charge on any atom is -0.344 e. The molecule has 2 fully saturated rings. The van der Waals surface area contributed by atoms with Crippen molar-refractivity contribution in [3.63, 3.8) is 0 Å². The highest BCUT2D eigenvalue weighted by atomic mass is 19.4. The summed E-state index contributed by atoms with van der Waals surface area (Å²) in [6.45, 7) is 2.45. The maximum absolute atomic E-state index is 13.9. The molecule has 0 radical (unpaired) electrons. The summed E-state index contributed by atoms with van der Waals surface area (Å²) in [6, 6.07) is 7.69. The lowest BCUT2D eigenvalue weighted by Crippen LogP contribution is -2.54. The molecule has 0 spiro atoms. The number of hydrogen-bond donors (Lipinski definition) is 2. The second-order valence-corrected chi connectivity index (χ2v) is 10.2. The van der Waals surface area contributed by atoms with Crippen LogP contribution in [0.2, 0.25) is 0 Å². The van der Waals surface area contributed by atoms with Crippen LogP contribution in [0.25, 0.3) is 11.1 Å². The van der Waals surface area contributed by atoms with Gasteiger partial charge in [-0.05, 0) is 60.9 Å². The van der Waals surface area contributed by atoms with E-state index >= 15 is 0 Å². The molecule has 0 bridgehead atoms. The van der Waals surface area contributed by atoms with Crippen LogP contribution in [0.3, 0.4) is 0 Å². The van der Waals surface area contributed by atoms with Crippen LogP contribution in [0.5, 0.6) is 0 Å². The van der Waals surface area contributed by atoms with Gasteiger partial charge in [0, 0.05) is 25.2 Å². The molecule has 6 nitrogen and oxygen atoms in total. The Balaban J connectivity index is 1.62. The van der Waals surface area contributed by atoms with Gasteiger partial charge in [-0.25, -0.2) is 0 Å². The van der Waals surface area contributed by atoms with Gasteiger partial charge in [0.05, 0.1) is 17.3 Å². The molecule has 200 valence electrons. The molecule has 37 heavy (non-hydrogen) atoms. The van der Waals surface area contributed by atoms with Gasteiger partial charge in [-0.15, -0.1) is 0 Å². The Bertz CT molecular complexity index is 1100. The molecule has 1 saturated heterocycles. The fraction of sp³-hybridized carbons (Fsp3) is 0.536. The molecule has 1 aromatic heterocycles. The summed E-state index contributed by atoms with van der Waals surface area (Å²) in [5.41, 5.74) is 6.03. The quantitative estimate of drug-likeness (QED) is 0.537. The van der Waals surface area contributed by atoms with Gasteiger partial charge in [0.25, 0.3) is 0 Å². The van der Waals surface area contributed by atoms with Crippen molar-refractivity contribution in [3.05, 3.63) is 53.9 Å². The highest BCUT2D eigenvalue weighted by Gasteiger charge is 2.40. The summed E-state index contributed by atoms with van der Waals surface area (Å²) in [7, 11) is 0. The van der Waals surface area contributed by atoms with Gasteiger partial charge < -0.3 is 16.0 Å². The van der Waals surface area contributed by atoms with Crippen molar-refractivity contribution in [2.24, 2.45) is 17.6 Å². The van der Waals surface area contributed by atoms with Crippen LogP contribution in [-0.4, -0.2) is 40.8 Å². The zero-order chi connectivity index (χ0) is 26.6. The molecule has 3 unspecified atom stereocenters. The number of aromatic nitrogens is 1. The van der Waals surface area contributed by atoms with Crippen molar-refractivity contribution in [1.82, 2.24) is 15.2 Å². The van der Waals surface area contributed by atoms with Crippen LogP contribution in [0, 0.1) is 11.8 Å². The Morgan fingerprint density at radius 3 is 2.54 bits per heavy atom. The Hall–Kier alpha value is -2.94. The Labute approximate surface area is 215 Å². The third-order valence-corrected chi connectivity index (χ3v) is 7.69. The number of hydrogen-bond acceptors (Lipinski definition) is 4. The molecule has 9 heteroatoms. The zero-order valence-corrected chi connectivity index (χ0v) is 21.1. The van der Waals surface area contributed by atoms with Crippen LogP contribution in [0.4, 0.5) is 13.2 Å². The molecule has 3 N–H and O–H groups in total. The van der Waals surface area contributed by atoms with E-state index in [1.807, 2.05) is 0 Å². The van der Waals surface area contributed by atoms with Gasteiger partial charge in [0.2, 0.25) is 11.8 Å². The largest absolute Gasteiger partial charge is 0.417 e. The zero-order valence-electron chi connectivity index (χ0n) is 21.1. The third kappa shape index (κ3) is 6.14. The lowest BCUT2D eigenvalue weighted by molar-refractivity contribution is -0.140. The first-order chi connectivity index (χ1) is 17.7. The molecule has 2 heterocycles. The molecule has 1 aromatic carbocycles. The van der Waals surface area contributed by atoms with Crippen LogP contribution in [0.15, 0.2) is 42.6 Å². The summed E-state index contributed by atoms with van der Waals surface area (Å²) < 4.78 is 40.9. The molecule has 1 aliphatic carbocycles. The average molecular weight is 517 g/mol. The summed E-state index contributed by atoms with van der Waals surface area (Å²) in [5.74, 6) is -0.726. The maximum atomic E-state index is 13.9. The van der Waals surface area contributed by atoms with Crippen LogP contribution in [0.1, 0.15) is 69.2 Å². The van der Waals surface area contributed by atoms with Crippen molar-refractivity contribution in [2.75, 3.05) is 13.1 Å². The highest BCUT2D eigenvalue weighted by Crippen LogP contribution is 2.39. The van der Waals surface area contributed by atoms with E-state index in [9.17, 15) is 22.8 Å². The summed E-state index contributed by atoms with van der Waals surface area (Å²) in [5, 5.41) is 2.99. The molecular formula is C28H35F3N4O2. The Kier molecular flexibility index (Phi) is 8.52. The van der Waals surface area contributed by atoms with E-state index in [2.05, 4.69) is 10.3 Å². The van der Waals surface area contributed by atoms with Crippen molar-refractivity contribution in [3.8, 4) is 11.1 Å². The van der Waals surface area contributed by atoms with E-state index in [0.717, 1.165) is 44.6 Å². The molecule has 2 aliphatic rings. The number of benzene rings is 1. The second-order valence-electron chi connectivity index (χ2n) is 10.2. The topological polar surface area (TPSA) is 88.3 Å². The molecule has 2 aromatic rings. The Morgan fingerprint density at radius 1 is 1.11 bits per heavy atom. The first-order valence-electron chi connectivity index (χ1n) is 13.1. The summed E-state index contributed by atoms with van der Waals surface area (Å²) in [6.07, 6.45) is 3.32. The van der Waals surface area contributed by atoms with Gasteiger partial charge >= 0.3 is 6.18 Å². The predicted molar refractivity (Wildman–Crippen MR) is 135 cm³/mol. The number of nitrogens with two attached hydrogens (primary N) is 1. The first-order valence-corrected chi connectivity index (χ1v) is 13.1. The van der Waals surface area contributed by atoms with Crippen LogP contribution in [-0.2, 0) is 15.8 Å². The smallest absolute Gasteiger partial charge is 0.344 e. The number of likely N-dealkylation sites (tertiary alicyclic amines) is 1. The number of rotatable bonds is 7. The van der Waals surface area contributed by atoms with Gasteiger partial charge in [0.1, 0.15) is 6.04 Å². The van der Waals surface area contributed by atoms with Gasteiger partial charge in [-0.1, -0.05) is 44.4 Å². The number of carbonyl (C=O) groups is 2. The maximum Gasteiger partial charge on any atom is 0.417 e. The van der Waals surface area contributed by atoms with Gasteiger partial charge in [0.15, 0.2) is 0 Å². The van der Waals surface area contributed by atoms with E-state index < -0.39 is 23.7 Å². The summed E-state index contributed by atoms with van der Waals surface area (Å²) >= 11 is 0. The number of carbonyl (C=O) groups excluding carboxylic acids is 2. The first kappa shape index (κ1) is 27.1. The SMILES string of the molecule is CC(CN)C(=O)NC(C(=O)N1CCCC1c1cc(-c2ccccc2C(F)(F)F)ccn1)C1CCCCC1. The number of nitrogens with zero attached hydrogens (tertiary/aromatic N) is 2. The van der Waals surface area contributed by atoms with E-state index in [0.29, 0.717) is 24.2 Å². The fourth-order valence-corrected chi connectivity index (χ4v) is 5.55. The number of pyridine rings is 1. The molecule has 1 aliphatic heterocycles. The molecule has 2 amide bonds. The van der Waals surface area contributed by atoms with Crippen LogP contribution < -0.4 is 11.1 Å².